The van der Waals surface area contributed by atoms with Gasteiger partial charge in [-0.25, -0.2) is 4.39 Å². The molecule has 2 aromatic rings. The highest BCUT2D eigenvalue weighted by atomic mass is 35.5. The fourth-order valence-corrected chi connectivity index (χ4v) is 2.82. The number of hydrogen-bond acceptors (Lipinski definition) is 2. The smallest absolute Gasteiger partial charge is 0.270 e. The minimum atomic E-state index is -0.252. The SMILES string of the molecule is O=C(c1cc(Cl)c(Cl)[nH]1)N1CCN(c2ccc(F)cc2)CC1. The number of amides is 1. The quantitative estimate of drug-likeness (QED) is 0.908. The van der Waals surface area contributed by atoms with Gasteiger partial charge in [0.25, 0.3) is 5.91 Å². The molecule has 0 unspecified atom stereocenters. The molecule has 2 heterocycles. The maximum absolute atomic E-state index is 12.9. The largest absolute Gasteiger partial charge is 0.368 e. The van der Waals surface area contributed by atoms with E-state index in [9.17, 15) is 9.18 Å². The van der Waals surface area contributed by atoms with Gasteiger partial charge in [-0.2, -0.15) is 0 Å². The molecule has 1 aliphatic rings. The summed E-state index contributed by atoms with van der Waals surface area (Å²) in [5.74, 6) is -0.370. The maximum Gasteiger partial charge on any atom is 0.270 e. The second kappa shape index (κ2) is 6.18. The molecule has 1 N–H and O–H groups in total. The third-order valence-electron chi connectivity index (χ3n) is 3.71. The molecule has 4 nitrogen and oxygen atoms in total. The highest BCUT2D eigenvalue weighted by Gasteiger charge is 2.24. The van der Waals surface area contributed by atoms with Crippen LogP contribution in [0.25, 0.3) is 0 Å². The summed E-state index contributed by atoms with van der Waals surface area (Å²) < 4.78 is 12.9. The Kier molecular flexibility index (Phi) is 4.27. The summed E-state index contributed by atoms with van der Waals surface area (Å²) in [4.78, 5) is 19.0. The van der Waals surface area contributed by atoms with Crippen LogP contribution in [-0.4, -0.2) is 42.0 Å². The van der Waals surface area contributed by atoms with E-state index in [-0.39, 0.29) is 16.9 Å². The summed E-state index contributed by atoms with van der Waals surface area (Å²) in [5.41, 5.74) is 1.35. The molecule has 0 radical (unpaired) electrons. The first-order valence-corrected chi connectivity index (χ1v) is 7.64. The van der Waals surface area contributed by atoms with Crippen molar-refractivity contribution in [2.75, 3.05) is 31.1 Å². The molecule has 1 saturated heterocycles. The van der Waals surface area contributed by atoms with Gasteiger partial charge in [-0.15, -0.1) is 0 Å². The number of rotatable bonds is 2. The molecule has 0 saturated carbocycles. The van der Waals surface area contributed by atoms with Crippen molar-refractivity contribution in [3.63, 3.8) is 0 Å². The Hall–Kier alpha value is -1.72. The Bertz CT molecular complexity index is 659. The maximum atomic E-state index is 12.9. The van der Waals surface area contributed by atoms with Crippen molar-refractivity contribution in [3.8, 4) is 0 Å². The zero-order valence-corrected chi connectivity index (χ0v) is 13.2. The first-order valence-electron chi connectivity index (χ1n) is 6.88. The molecule has 7 heteroatoms. The third-order valence-corrected chi connectivity index (χ3v) is 4.41. The van der Waals surface area contributed by atoms with Crippen molar-refractivity contribution in [1.29, 1.82) is 0 Å². The lowest BCUT2D eigenvalue weighted by molar-refractivity contribution is 0.0741. The van der Waals surface area contributed by atoms with Gasteiger partial charge in [0.1, 0.15) is 16.7 Å². The van der Waals surface area contributed by atoms with Gasteiger partial charge in [-0.3, -0.25) is 4.79 Å². The Morgan fingerprint density at radius 2 is 1.73 bits per heavy atom. The van der Waals surface area contributed by atoms with Gasteiger partial charge in [0.2, 0.25) is 0 Å². The summed E-state index contributed by atoms with van der Waals surface area (Å²) >= 11 is 11.7. The lowest BCUT2D eigenvalue weighted by atomic mass is 10.2. The van der Waals surface area contributed by atoms with Gasteiger partial charge in [0.05, 0.1) is 5.02 Å². The van der Waals surface area contributed by atoms with Crippen LogP contribution in [0.4, 0.5) is 10.1 Å². The molecule has 1 amide bonds. The van der Waals surface area contributed by atoms with Crippen LogP contribution in [0.3, 0.4) is 0 Å². The van der Waals surface area contributed by atoms with Crippen LogP contribution in [0.2, 0.25) is 10.2 Å². The average Bonchev–Trinajstić information content (AvgIpc) is 2.87. The number of nitrogens with zero attached hydrogens (tertiary/aromatic N) is 2. The molecule has 1 aromatic heterocycles. The van der Waals surface area contributed by atoms with Crippen molar-refractivity contribution in [1.82, 2.24) is 9.88 Å². The van der Waals surface area contributed by atoms with Crippen LogP contribution >= 0.6 is 23.2 Å². The monoisotopic (exact) mass is 341 g/mol. The van der Waals surface area contributed by atoms with Gasteiger partial charge in [-0.1, -0.05) is 23.2 Å². The number of carbonyl (C=O) groups excluding carboxylic acids is 1. The number of anilines is 1. The fourth-order valence-electron chi connectivity index (χ4n) is 2.51. The first-order chi connectivity index (χ1) is 10.5. The van der Waals surface area contributed by atoms with Gasteiger partial charge in [0, 0.05) is 31.9 Å². The standard InChI is InChI=1S/C15H14Cl2FN3O/c16-12-9-13(19-14(12)17)15(22)21-7-5-20(6-8-21)11-3-1-10(18)2-4-11/h1-4,9,19H,5-8H2. The summed E-state index contributed by atoms with van der Waals surface area (Å²) in [5, 5.41) is 0.616. The average molecular weight is 342 g/mol. The van der Waals surface area contributed by atoms with Crippen LogP contribution in [-0.2, 0) is 0 Å². The topological polar surface area (TPSA) is 39.3 Å². The number of H-pyrrole nitrogens is 1. The number of nitrogens with one attached hydrogen (secondary N) is 1. The zero-order chi connectivity index (χ0) is 15.7. The van der Waals surface area contributed by atoms with Crippen molar-refractivity contribution in [2.45, 2.75) is 0 Å². The molecule has 1 fully saturated rings. The molecule has 3 rings (SSSR count). The number of halogens is 3. The van der Waals surface area contributed by atoms with Gasteiger partial charge in [0.15, 0.2) is 0 Å². The molecular weight excluding hydrogens is 328 g/mol. The second-order valence-electron chi connectivity index (χ2n) is 5.10. The number of benzene rings is 1. The molecule has 1 aliphatic heterocycles. The predicted octanol–water partition coefficient (Wildman–Crippen LogP) is 3.42. The normalized spacial score (nSPS) is 15.2. The molecule has 0 aliphatic carbocycles. The molecule has 0 bridgehead atoms. The van der Waals surface area contributed by atoms with Crippen LogP contribution in [0.1, 0.15) is 10.5 Å². The van der Waals surface area contributed by atoms with E-state index in [1.807, 2.05) is 0 Å². The number of hydrogen-bond donors (Lipinski definition) is 1. The van der Waals surface area contributed by atoms with Crippen molar-refractivity contribution < 1.29 is 9.18 Å². The lowest BCUT2D eigenvalue weighted by Gasteiger charge is -2.36. The van der Waals surface area contributed by atoms with Crippen LogP contribution < -0.4 is 4.90 Å². The number of piperazine rings is 1. The number of carbonyl (C=O) groups is 1. The molecule has 1 aromatic carbocycles. The van der Waals surface area contributed by atoms with Gasteiger partial charge < -0.3 is 14.8 Å². The van der Waals surface area contributed by atoms with E-state index in [1.54, 1.807) is 23.1 Å². The second-order valence-corrected chi connectivity index (χ2v) is 5.89. The number of aromatic nitrogens is 1. The minimum Gasteiger partial charge on any atom is -0.368 e. The van der Waals surface area contributed by atoms with Gasteiger partial charge >= 0.3 is 0 Å². The predicted molar refractivity (Wildman–Crippen MR) is 85.3 cm³/mol. The number of aromatic amines is 1. The summed E-state index contributed by atoms with van der Waals surface area (Å²) in [6.07, 6.45) is 0. The van der Waals surface area contributed by atoms with E-state index in [1.165, 1.54) is 12.1 Å². The van der Waals surface area contributed by atoms with E-state index in [0.29, 0.717) is 36.9 Å². The Balaban J connectivity index is 1.64. The fraction of sp³-hybridized carbons (Fsp3) is 0.267. The van der Waals surface area contributed by atoms with Crippen LogP contribution in [0.5, 0.6) is 0 Å². The van der Waals surface area contributed by atoms with Crippen LogP contribution in [0.15, 0.2) is 30.3 Å². The molecule has 22 heavy (non-hydrogen) atoms. The minimum absolute atomic E-state index is 0.118. The Morgan fingerprint density at radius 3 is 2.27 bits per heavy atom. The van der Waals surface area contributed by atoms with Crippen LogP contribution in [0, 0.1) is 5.82 Å². The molecule has 0 spiro atoms. The van der Waals surface area contributed by atoms with Gasteiger partial charge in [-0.05, 0) is 30.3 Å². The molecular formula is C15H14Cl2FN3O. The highest BCUT2D eigenvalue weighted by molar-refractivity contribution is 6.41. The first kappa shape index (κ1) is 15.2. The highest BCUT2D eigenvalue weighted by Crippen LogP contribution is 2.23. The van der Waals surface area contributed by atoms with Crippen molar-refractivity contribution in [3.05, 3.63) is 52.0 Å². The van der Waals surface area contributed by atoms with E-state index in [0.717, 1.165) is 5.69 Å². The molecule has 0 atom stereocenters. The van der Waals surface area contributed by atoms with E-state index in [4.69, 9.17) is 23.2 Å². The third kappa shape index (κ3) is 3.05. The summed E-state index contributed by atoms with van der Waals surface area (Å²) in [6, 6.07) is 7.92. The van der Waals surface area contributed by atoms with E-state index in [2.05, 4.69) is 9.88 Å². The van der Waals surface area contributed by atoms with Crippen molar-refractivity contribution in [2.24, 2.45) is 0 Å². The zero-order valence-electron chi connectivity index (χ0n) is 11.7. The van der Waals surface area contributed by atoms with Crippen molar-refractivity contribution >= 4 is 34.8 Å². The Morgan fingerprint density at radius 1 is 1.09 bits per heavy atom. The summed E-state index contributed by atoms with van der Waals surface area (Å²) in [7, 11) is 0. The van der Waals surface area contributed by atoms with E-state index < -0.39 is 0 Å². The van der Waals surface area contributed by atoms with E-state index >= 15 is 0 Å². The Labute approximate surface area is 137 Å². The molecule has 116 valence electrons. The summed E-state index contributed by atoms with van der Waals surface area (Å²) in [6.45, 7) is 2.56. The lowest BCUT2D eigenvalue weighted by Crippen LogP contribution is -2.48.